The lowest BCUT2D eigenvalue weighted by Crippen LogP contribution is -1.94. The standard InChI is InChI=1S/2C17H13N.2C16H12N2.C15H11N3/c1-3-8-14(9-4-1)16-12-7-13-17(18-16)15-10-5-2-6-11-15;1-3-7-14(8-4-1)16-11-12-18-17(13-16)15-9-5-2-6-10-15;1-3-7-13(8-4-1)15-11-16(18-12-17-15)14-9-5-2-6-10-14;1-3-7-13(8-4-1)15-11-12-17-16(18-15)14-9-5-2-6-10-14;1-3-7-12(8-4-1)14-16-11-17-15(18-14)13-9-5-2-6-10-13/h2*1-13H;2*1-12H;1-11H. The van der Waals surface area contributed by atoms with Crippen LogP contribution in [-0.4, -0.2) is 44.9 Å². The van der Waals surface area contributed by atoms with E-state index in [1.807, 2.05) is 243 Å². The Morgan fingerprint density at radius 3 is 0.789 bits per heavy atom. The van der Waals surface area contributed by atoms with Gasteiger partial charge in [-0.1, -0.05) is 309 Å². The van der Waals surface area contributed by atoms with Crippen LogP contribution in [0, 0.1) is 0 Å². The van der Waals surface area contributed by atoms with E-state index in [9.17, 15) is 0 Å². The molecule has 0 aliphatic rings. The largest absolute Gasteiger partial charge is 0.256 e. The molecule has 5 heterocycles. The van der Waals surface area contributed by atoms with E-state index in [1.165, 1.54) is 11.1 Å². The van der Waals surface area contributed by atoms with Crippen LogP contribution >= 0.6 is 0 Å². The van der Waals surface area contributed by atoms with E-state index in [0.29, 0.717) is 11.6 Å². The van der Waals surface area contributed by atoms with Gasteiger partial charge in [-0.25, -0.2) is 39.9 Å². The average Bonchev–Trinajstić information content (AvgIpc) is 3.42. The predicted molar refractivity (Wildman–Crippen MR) is 367 cm³/mol. The van der Waals surface area contributed by atoms with E-state index in [1.54, 1.807) is 18.9 Å². The van der Waals surface area contributed by atoms with Gasteiger partial charge in [0.1, 0.15) is 12.7 Å². The minimum Gasteiger partial charge on any atom is -0.256 e. The average molecular weight is 1160 g/mol. The summed E-state index contributed by atoms with van der Waals surface area (Å²) in [5, 5.41) is 0. The molecule has 15 aromatic rings. The minimum atomic E-state index is 0.699. The lowest BCUT2D eigenvalue weighted by molar-refractivity contribution is 1.07. The van der Waals surface area contributed by atoms with Gasteiger partial charge >= 0.3 is 0 Å². The van der Waals surface area contributed by atoms with E-state index in [4.69, 9.17) is 4.98 Å². The molecule has 90 heavy (non-hydrogen) atoms. The first-order valence-corrected chi connectivity index (χ1v) is 29.5. The van der Waals surface area contributed by atoms with Crippen molar-refractivity contribution >= 4 is 0 Å². The number of aromatic nitrogens is 9. The Morgan fingerprint density at radius 2 is 0.422 bits per heavy atom. The molecule has 0 aliphatic carbocycles. The summed E-state index contributed by atoms with van der Waals surface area (Å²) in [6.45, 7) is 0. The van der Waals surface area contributed by atoms with Gasteiger partial charge in [-0.15, -0.1) is 0 Å². The van der Waals surface area contributed by atoms with Gasteiger partial charge in [0, 0.05) is 62.5 Å². The fraction of sp³-hybridized carbons (Fsp3) is 0. The van der Waals surface area contributed by atoms with Gasteiger partial charge in [0.25, 0.3) is 0 Å². The van der Waals surface area contributed by atoms with Crippen LogP contribution in [0.1, 0.15) is 0 Å². The molecule has 10 aromatic carbocycles. The number of hydrogen-bond donors (Lipinski definition) is 0. The summed E-state index contributed by atoms with van der Waals surface area (Å²) in [4.78, 5) is 39.6. The monoisotopic (exact) mass is 1160 g/mol. The predicted octanol–water partition coefficient (Wildman–Crippen LogP) is 19.7. The van der Waals surface area contributed by atoms with E-state index in [0.717, 1.165) is 90.1 Å². The zero-order chi connectivity index (χ0) is 61.0. The molecule has 9 nitrogen and oxygen atoms in total. The van der Waals surface area contributed by atoms with Crippen molar-refractivity contribution in [3.8, 4) is 113 Å². The van der Waals surface area contributed by atoms with Crippen LogP contribution in [0.3, 0.4) is 0 Å². The lowest BCUT2D eigenvalue weighted by atomic mass is 10.0. The van der Waals surface area contributed by atoms with E-state index >= 15 is 0 Å². The van der Waals surface area contributed by atoms with Crippen LogP contribution in [0.25, 0.3) is 113 Å². The van der Waals surface area contributed by atoms with Crippen LogP contribution in [0.4, 0.5) is 0 Å². The first kappa shape index (κ1) is 59.4. The van der Waals surface area contributed by atoms with Gasteiger partial charge in [0.15, 0.2) is 17.5 Å². The first-order chi connectivity index (χ1) is 44.7. The summed E-state index contributed by atoms with van der Waals surface area (Å²) >= 11 is 0. The molecule has 0 saturated carbocycles. The van der Waals surface area contributed by atoms with Gasteiger partial charge < -0.3 is 0 Å². The van der Waals surface area contributed by atoms with Crippen molar-refractivity contribution in [3.63, 3.8) is 0 Å². The van der Waals surface area contributed by atoms with Gasteiger partial charge in [0.2, 0.25) is 0 Å². The highest BCUT2D eigenvalue weighted by atomic mass is 15.0. The number of hydrogen-bond acceptors (Lipinski definition) is 9. The summed E-state index contributed by atoms with van der Waals surface area (Å²) in [6.07, 6.45) is 6.84. The van der Waals surface area contributed by atoms with E-state index < -0.39 is 0 Å². The third-order valence-corrected chi connectivity index (χ3v) is 14.0. The van der Waals surface area contributed by atoms with Crippen molar-refractivity contribution < 1.29 is 0 Å². The summed E-state index contributed by atoms with van der Waals surface area (Å²) in [5.74, 6) is 2.16. The Balaban J connectivity index is 0.000000116. The highest BCUT2D eigenvalue weighted by Gasteiger charge is 2.08. The Labute approximate surface area is 525 Å². The van der Waals surface area contributed by atoms with Crippen LogP contribution in [0.2, 0.25) is 0 Å². The summed E-state index contributed by atoms with van der Waals surface area (Å²) in [7, 11) is 0. The van der Waals surface area contributed by atoms with Gasteiger partial charge in [-0.2, -0.15) is 0 Å². The molecule has 0 bridgehead atoms. The number of rotatable bonds is 10. The van der Waals surface area contributed by atoms with Gasteiger partial charge in [-0.3, -0.25) is 4.98 Å². The molecule has 430 valence electrons. The lowest BCUT2D eigenvalue weighted by Gasteiger charge is -2.04. The maximum atomic E-state index is 4.71. The van der Waals surface area contributed by atoms with Crippen molar-refractivity contribution in [3.05, 3.63) is 371 Å². The van der Waals surface area contributed by atoms with Crippen LogP contribution in [0.15, 0.2) is 371 Å². The Hall–Kier alpha value is -12.3. The molecular formula is C81H61N9. The highest BCUT2D eigenvalue weighted by Crippen LogP contribution is 2.27. The quantitative estimate of drug-likeness (QED) is 0.132. The zero-order valence-electron chi connectivity index (χ0n) is 49.2. The van der Waals surface area contributed by atoms with Gasteiger partial charge in [0.05, 0.1) is 34.2 Å². The molecular weight excluding hydrogens is 1100 g/mol. The second kappa shape index (κ2) is 31.7. The Kier molecular flexibility index (Phi) is 20.9. The smallest absolute Gasteiger partial charge is 0.163 e. The second-order valence-electron chi connectivity index (χ2n) is 20.2. The molecule has 9 heteroatoms. The maximum Gasteiger partial charge on any atom is 0.163 e. The molecule has 0 N–H and O–H groups in total. The summed E-state index contributed by atoms with van der Waals surface area (Å²) in [5.41, 5.74) is 18.1. The number of pyridine rings is 2. The Bertz CT molecular complexity index is 3580. The topological polar surface area (TPSA) is 116 Å². The molecule has 0 saturated heterocycles. The van der Waals surface area contributed by atoms with Gasteiger partial charge in [-0.05, 0) is 47.5 Å². The molecule has 0 spiro atoms. The molecule has 0 radical (unpaired) electrons. The Morgan fingerprint density at radius 1 is 0.144 bits per heavy atom. The molecule has 0 amide bonds. The van der Waals surface area contributed by atoms with E-state index in [2.05, 4.69) is 149 Å². The minimum absolute atomic E-state index is 0.699. The SMILES string of the molecule is c1ccc(-c2cc(-c3ccccc3)ncn2)cc1.c1ccc(-c2cccc(-c3ccccc3)n2)cc1.c1ccc(-c2ccnc(-c3ccccc3)c2)cc1.c1ccc(-c2ccnc(-c3ccccc3)n2)cc1.c1ccc(-c2ncnc(-c3ccccc3)n2)cc1. The first-order valence-electron chi connectivity index (χ1n) is 29.5. The van der Waals surface area contributed by atoms with Crippen molar-refractivity contribution in [1.29, 1.82) is 0 Å². The second-order valence-corrected chi connectivity index (χ2v) is 20.2. The third-order valence-electron chi connectivity index (χ3n) is 14.0. The molecule has 5 aromatic heterocycles. The van der Waals surface area contributed by atoms with Crippen LogP contribution < -0.4 is 0 Å². The molecule has 0 fully saturated rings. The zero-order valence-corrected chi connectivity index (χ0v) is 49.2. The highest BCUT2D eigenvalue weighted by molar-refractivity contribution is 5.71. The van der Waals surface area contributed by atoms with Crippen LogP contribution in [-0.2, 0) is 0 Å². The van der Waals surface area contributed by atoms with E-state index in [-0.39, 0.29) is 0 Å². The third kappa shape index (κ3) is 17.0. The fourth-order valence-electron chi connectivity index (χ4n) is 9.48. The van der Waals surface area contributed by atoms with Crippen molar-refractivity contribution in [2.45, 2.75) is 0 Å². The summed E-state index contributed by atoms with van der Waals surface area (Å²) < 4.78 is 0. The fourth-order valence-corrected chi connectivity index (χ4v) is 9.48. The molecule has 0 unspecified atom stereocenters. The van der Waals surface area contributed by atoms with Crippen molar-refractivity contribution in [2.75, 3.05) is 0 Å². The maximum absolute atomic E-state index is 4.71. The number of benzene rings is 10. The van der Waals surface area contributed by atoms with Crippen molar-refractivity contribution in [2.24, 2.45) is 0 Å². The van der Waals surface area contributed by atoms with Crippen LogP contribution in [0.5, 0.6) is 0 Å². The molecule has 0 atom stereocenters. The number of nitrogens with zero attached hydrogens (tertiary/aromatic N) is 9. The molecule has 15 rings (SSSR count). The molecule has 0 aliphatic heterocycles. The normalized spacial score (nSPS) is 10.2. The van der Waals surface area contributed by atoms with Crippen molar-refractivity contribution in [1.82, 2.24) is 44.9 Å². The summed E-state index contributed by atoms with van der Waals surface area (Å²) in [6, 6.07) is 116.